The second-order valence-corrected chi connectivity index (χ2v) is 33.3. The van der Waals surface area contributed by atoms with Crippen molar-refractivity contribution in [2.75, 3.05) is 6.61 Å². The molecular formula is C97H150BrClN8O6. The summed E-state index contributed by atoms with van der Waals surface area (Å²) in [5, 5.41) is 7.36. The largest absolute Gasteiger partial charge is 1.00 e. The van der Waals surface area contributed by atoms with Crippen molar-refractivity contribution in [3.8, 4) is 23.8 Å². The van der Waals surface area contributed by atoms with Crippen molar-refractivity contribution in [3.05, 3.63) is 150 Å². The van der Waals surface area contributed by atoms with Gasteiger partial charge < -0.3 is 59.8 Å². The molecule has 0 amide bonds. The van der Waals surface area contributed by atoms with E-state index in [-0.39, 0.29) is 72.6 Å². The zero-order chi connectivity index (χ0) is 79.8. The number of nitrogens with two attached hydrogens (primary N) is 2. The third-order valence-corrected chi connectivity index (χ3v) is 22.9. The Labute approximate surface area is 701 Å². The van der Waals surface area contributed by atoms with Crippen LogP contribution in [0.5, 0.6) is 11.5 Å². The number of imidazole rings is 2. The number of carbonyl (C=O) groups excluding carboxylic acids is 2. The highest BCUT2D eigenvalue weighted by atomic mass is 79.9. The molecule has 16 heteroatoms. The van der Waals surface area contributed by atoms with E-state index in [0.717, 1.165) is 54.4 Å². The topological polar surface area (TPSA) is 165 Å². The van der Waals surface area contributed by atoms with Gasteiger partial charge in [0.05, 0.1) is 19.4 Å². The molecule has 628 valence electrons. The number of fused-ring (bicyclic) bond motifs is 2. The van der Waals surface area contributed by atoms with Gasteiger partial charge in [0.25, 0.3) is 0 Å². The normalized spacial score (nSPS) is 17.6. The summed E-state index contributed by atoms with van der Waals surface area (Å²) in [6, 6.07) is 30.6. The first-order valence-electron chi connectivity index (χ1n) is 44.1. The van der Waals surface area contributed by atoms with E-state index in [4.69, 9.17) is 36.8 Å². The van der Waals surface area contributed by atoms with E-state index in [0.29, 0.717) is 72.7 Å². The monoisotopic (exact) mass is 1640 g/mol. The molecule has 113 heavy (non-hydrogen) atoms. The minimum absolute atomic E-state index is 0. The van der Waals surface area contributed by atoms with Gasteiger partial charge in [-0.15, -0.1) is 11.5 Å². The molecule has 2 saturated carbocycles. The van der Waals surface area contributed by atoms with Gasteiger partial charge in [-0.1, -0.05) is 313 Å². The highest BCUT2D eigenvalue weighted by Gasteiger charge is 2.36. The van der Waals surface area contributed by atoms with Gasteiger partial charge in [-0.05, 0) is 159 Å². The van der Waals surface area contributed by atoms with Crippen LogP contribution in [0.3, 0.4) is 0 Å². The number of ether oxygens (including phenoxy) is 4. The van der Waals surface area contributed by atoms with Crippen LogP contribution in [-0.4, -0.2) is 52.1 Å². The first kappa shape index (κ1) is 98.5. The number of hydrogen-bond acceptors (Lipinski definition) is 8. The number of carbonyl (C=O) groups is 2. The number of aryl methyl sites for hydroxylation is 2. The Morgan fingerprint density at radius 2 is 1.14 bits per heavy atom. The number of unbranched alkanes of at least 4 members (excludes halogenated alkanes) is 26. The Hall–Kier alpha value is -6.89. The first-order valence-corrected chi connectivity index (χ1v) is 44.1. The summed E-state index contributed by atoms with van der Waals surface area (Å²) in [6.45, 7) is 27.3. The maximum atomic E-state index is 13.1. The fraction of sp³-hybridized carbons (Fsp3) is 0.629. The predicted octanol–water partition coefficient (Wildman–Crippen LogP) is 17.5. The summed E-state index contributed by atoms with van der Waals surface area (Å²) in [7, 11) is 0. The van der Waals surface area contributed by atoms with Gasteiger partial charge in [0, 0.05) is 5.92 Å². The van der Waals surface area contributed by atoms with Crippen LogP contribution in [0.1, 0.15) is 328 Å². The molecule has 3 aliphatic rings. The van der Waals surface area contributed by atoms with E-state index in [2.05, 4.69) is 156 Å². The van der Waals surface area contributed by atoms with E-state index in [1.807, 2.05) is 77.0 Å². The molecular weight excluding hydrogens is 1490 g/mol. The van der Waals surface area contributed by atoms with Crippen LogP contribution in [0.15, 0.2) is 132 Å². The number of nitrogens with zero attached hydrogens (tertiary/aromatic N) is 6. The molecule has 7 atom stereocenters. The molecule has 0 spiro atoms. The number of esters is 2. The molecule has 4 N–H and O–H groups in total. The maximum Gasteiger partial charge on any atom is 0.348 e. The lowest BCUT2D eigenvalue weighted by atomic mass is 9.75. The molecule has 2 heterocycles. The van der Waals surface area contributed by atoms with Gasteiger partial charge in [-0.25, -0.2) is 27.9 Å². The average Bonchev–Trinajstić information content (AvgIpc) is 1.66. The summed E-state index contributed by atoms with van der Waals surface area (Å²) >= 11 is 0. The van der Waals surface area contributed by atoms with Crippen molar-refractivity contribution < 1.29 is 67.1 Å². The Bertz CT molecular complexity index is 3600. The quantitative estimate of drug-likeness (QED) is 0.00725. The van der Waals surface area contributed by atoms with E-state index in [9.17, 15) is 9.59 Å². The molecule has 0 saturated heterocycles. The van der Waals surface area contributed by atoms with Gasteiger partial charge in [-0.2, -0.15) is 5.10 Å². The zero-order valence-electron chi connectivity index (χ0n) is 71.9. The van der Waals surface area contributed by atoms with Crippen molar-refractivity contribution in [3.63, 3.8) is 0 Å². The van der Waals surface area contributed by atoms with E-state index >= 15 is 0 Å². The standard InChI is InChI=1S/C31H47N2O4.C26H42.C22H39N2.C18H22N4O2.BrH.ClH/c1-20(2)24-13-11-22(5)15-28(24)36-30(34)17-32-19-33(27-10-8-7-9-26(27)32)18-31(35)37-29-16-23(6)12-14-25(29)21(3)4;1-3-4-5-6-7-8-9-10-11-12-13-14-15-16-19-24-22-23(2)25-20-17-18-21-26(24)25;1-3-5-6-7-8-9-10-11-12-13-14-15-16-17-19-24-21-20-23(22-24)18-4-2;1-3-23-17-10-15(11-21-22-18(19)20)8-9-16(17)24-12-14-6-4-13(2)5-7-14;;/h7-10,19-25,28-29H,11-18H2,1-6H3;17-18,20-22,24H,3-16,19H2,1-2H3;2,20-22H,3,5-19H2,1H3;4-11H,3,12H2,1-2H3,(H4,19,20,22);2*1H/q+1;;+1;;;/p-2/b;;;21-11+;;. The van der Waals surface area contributed by atoms with Crippen LogP contribution in [-0.2, 0) is 51.8 Å². The smallest absolute Gasteiger partial charge is 0.348 e. The number of benzene rings is 4. The fourth-order valence-corrected chi connectivity index (χ4v) is 16.4. The lowest BCUT2D eigenvalue weighted by Gasteiger charge is -2.36. The lowest BCUT2D eigenvalue weighted by molar-refractivity contribution is -0.696. The van der Waals surface area contributed by atoms with Crippen LogP contribution in [0.2, 0.25) is 0 Å². The fourth-order valence-electron chi connectivity index (χ4n) is 16.4. The van der Waals surface area contributed by atoms with Gasteiger partial charge in [0.15, 0.2) is 42.2 Å². The Morgan fingerprint density at radius 3 is 1.68 bits per heavy atom. The van der Waals surface area contributed by atoms with Crippen molar-refractivity contribution in [1.82, 2.24) is 9.13 Å². The Kier molecular flexibility index (Phi) is 50.6. The molecule has 6 aromatic rings. The molecule has 3 aliphatic carbocycles. The number of hydrogen-bond donors (Lipinski definition) is 2. The molecule has 2 aromatic heterocycles. The zero-order valence-corrected chi connectivity index (χ0v) is 74.3. The van der Waals surface area contributed by atoms with Crippen LogP contribution in [0, 0.1) is 54.8 Å². The minimum Gasteiger partial charge on any atom is -1.00 e. The average molecular weight is 1640 g/mol. The third-order valence-electron chi connectivity index (χ3n) is 22.9. The molecule has 14 nitrogen and oxygen atoms in total. The third kappa shape index (κ3) is 38.6. The van der Waals surface area contributed by atoms with Crippen LogP contribution in [0.25, 0.3) is 16.6 Å². The van der Waals surface area contributed by atoms with Crippen molar-refractivity contribution in [1.29, 1.82) is 0 Å². The Morgan fingerprint density at radius 1 is 0.619 bits per heavy atom. The summed E-state index contributed by atoms with van der Waals surface area (Å²) in [5.41, 5.74) is 20.0. The number of terminal acetylenes is 1. The van der Waals surface area contributed by atoms with Crippen molar-refractivity contribution in [2.24, 2.45) is 57.2 Å². The highest BCUT2D eigenvalue weighted by Crippen LogP contribution is 2.40. The summed E-state index contributed by atoms with van der Waals surface area (Å²) in [5.74, 6) is 7.14. The second kappa shape index (κ2) is 58.0. The number of aromatic nitrogens is 4. The predicted molar refractivity (Wildman–Crippen MR) is 463 cm³/mol. The first-order chi connectivity index (χ1) is 53.9. The highest BCUT2D eigenvalue weighted by molar-refractivity contribution is 5.82. The number of halogens is 2. The number of guanidine groups is 1. The molecule has 0 radical (unpaired) electrons. The van der Waals surface area contributed by atoms with E-state index in [1.165, 1.54) is 216 Å². The van der Waals surface area contributed by atoms with Crippen LogP contribution in [0.4, 0.5) is 0 Å². The molecule has 4 aromatic carbocycles. The summed E-state index contributed by atoms with van der Waals surface area (Å²) in [6.07, 6.45) is 65.4. The van der Waals surface area contributed by atoms with Crippen LogP contribution < -0.4 is 59.5 Å². The molecule has 9 rings (SSSR count). The van der Waals surface area contributed by atoms with Gasteiger partial charge in [-0.3, -0.25) is 0 Å². The summed E-state index contributed by atoms with van der Waals surface area (Å²) < 4.78 is 31.8. The van der Waals surface area contributed by atoms with E-state index in [1.54, 1.807) is 11.8 Å². The number of para-hydroxylation sites is 2. The maximum absolute atomic E-state index is 13.1. The van der Waals surface area contributed by atoms with Gasteiger partial charge >= 0.3 is 11.9 Å². The van der Waals surface area contributed by atoms with Crippen molar-refractivity contribution >= 4 is 40.7 Å². The van der Waals surface area contributed by atoms with E-state index < -0.39 is 0 Å². The molecule has 7 unspecified atom stereocenters. The Balaban J connectivity index is 0.000000322. The summed E-state index contributed by atoms with van der Waals surface area (Å²) in [4.78, 5) is 26.2. The molecule has 0 bridgehead atoms. The second-order valence-electron chi connectivity index (χ2n) is 33.3. The SMILES string of the molecule is C#CCn1cc[n+](CCCCCCCCCCCCCCCC)c1.CC1CCC(C(C)C)C(OC(=O)Cn2c[n+](CC(=O)OC3CC(C)CCC3C(C)C)c3ccccc32)C1.CCCCCCCCCCCCCCCCC1C=C(C)c2ccccc21.CCOc1cc(/C=N/N=C(N)N)ccc1OCc1ccc(C)cc1.[Br-].[Cl-]. The van der Waals surface area contributed by atoms with Crippen molar-refractivity contribution in [2.45, 2.75) is 352 Å². The molecule has 0 aliphatic heterocycles. The molecule has 2 fully saturated rings. The van der Waals surface area contributed by atoms with Gasteiger partial charge in [0.1, 0.15) is 31.2 Å². The number of allylic oxidation sites excluding steroid dienone is 2. The lowest BCUT2D eigenvalue weighted by Crippen LogP contribution is -3.00. The number of rotatable bonds is 46. The van der Waals surface area contributed by atoms with Gasteiger partial charge in [0.2, 0.25) is 18.6 Å². The minimum atomic E-state index is -0.212. The van der Waals surface area contributed by atoms with Crippen LogP contribution >= 0.6 is 0 Å².